The monoisotopic (exact) mass is 249 g/mol. The number of rotatable bonds is 4. The number of benzene rings is 1. The highest BCUT2D eigenvalue weighted by molar-refractivity contribution is 5.96. The summed E-state index contributed by atoms with van der Waals surface area (Å²) in [5.74, 6) is -0.228. The second-order valence-electron chi connectivity index (χ2n) is 4.08. The van der Waals surface area contributed by atoms with Gasteiger partial charge in [0.2, 0.25) is 11.8 Å². The number of nitrogens with zero attached hydrogens (tertiary/aromatic N) is 2. The van der Waals surface area contributed by atoms with E-state index in [-0.39, 0.29) is 18.4 Å². The fourth-order valence-electron chi connectivity index (χ4n) is 1.56. The van der Waals surface area contributed by atoms with E-state index < -0.39 is 0 Å². The summed E-state index contributed by atoms with van der Waals surface area (Å²) in [6, 6.07) is 7.03. The lowest BCUT2D eigenvalue weighted by Crippen LogP contribution is -2.40. The molecule has 0 atom stereocenters. The number of likely N-dealkylation sites (N-methyl/N-ethyl adjacent to an activating group) is 2. The van der Waals surface area contributed by atoms with Crippen LogP contribution >= 0.6 is 0 Å². The van der Waals surface area contributed by atoms with Crippen LogP contribution in [0.4, 0.5) is 11.4 Å². The standard InChI is InChI=1S/C13H19N3O2/c1-4-16(10(2)17)9-13(18)15(3)12-7-5-11(14)6-8-12/h5-8H,4,9,14H2,1-3H3. The van der Waals surface area contributed by atoms with Crippen molar-refractivity contribution in [2.75, 3.05) is 30.8 Å². The van der Waals surface area contributed by atoms with Crippen LogP contribution in [-0.4, -0.2) is 36.9 Å². The van der Waals surface area contributed by atoms with Crippen molar-refractivity contribution in [2.24, 2.45) is 0 Å². The molecule has 2 amide bonds. The number of anilines is 2. The topological polar surface area (TPSA) is 66.6 Å². The van der Waals surface area contributed by atoms with Crippen LogP contribution in [0.15, 0.2) is 24.3 Å². The Kier molecular flexibility index (Phi) is 4.71. The smallest absolute Gasteiger partial charge is 0.246 e. The van der Waals surface area contributed by atoms with Crippen LogP contribution in [0.2, 0.25) is 0 Å². The summed E-state index contributed by atoms with van der Waals surface area (Å²) in [6.07, 6.45) is 0. The average molecular weight is 249 g/mol. The molecule has 0 aromatic heterocycles. The molecule has 5 nitrogen and oxygen atoms in total. The largest absolute Gasteiger partial charge is 0.399 e. The highest BCUT2D eigenvalue weighted by Gasteiger charge is 2.16. The highest BCUT2D eigenvalue weighted by atomic mass is 16.2. The SMILES string of the molecule is CCN(CC(=O)N(C)c1ccc(N)cc1)C(C)=O. The Morgan fingerprint density at radius 1 is 1.22 bits per heavy atom. The van der Waals surface area contributed by atoms with Crippen LogP contribution in [0.25, 0.3) is 0 Å². The molecule has 0 saturated heterocycles. The fraction of sp³-hybridized carbons (Fsp3) is 0.385. The molecule has 2 N–H and O–H groups in total. The van der Waals surface area contributed by atoms with Gasteiger partial charge in [-0.3, -0.25) is 9.59 Å². The quantitative estimate of drug-likeness (QED) is 0.813. The molecule has 18 heavy (non-hydrogen) atoms. The van der Waals surface area contributed by atoms with Crippen molar-refractivity contribution in [1.29, 1.82) is 0 Å². The van der Waals surface area contributed by atoms with Gasteiger partial charge in [-0.2, -0.15) is 0 Å². The predicted molar refractivity (Wildman–Crippen MR) is 72.2 cm³/mol. The molecule has 1 rings (SSSR count). The van der Waals surface area contributed by atoms with Gasteiger partial charge >= 0.3 is 0 Å². The Morgan fingerprint density at radius 2 is 1.78 bits per heavy atom. The predicted octanol–water partition coefficient (Wildman–Crippen LogP) is 1.10. The third-order valence-corrected chi connectivity index (χ3v) is 2.81. The molecule has 5 heteroatoms. The maximum absolute atomic E-state index is 12.0. The molecular weight excluding hydrogens is 230 g/mol. The van der Waals surface area contributed by atoms with Crippen LogP contribution in [0.5, 0.6) is 0 Å². The third kappa shape index (κ3) is 3.48. The van der Waals surface area contributed by atoms with Crippen molar-refractivity contribution in [2.45, 2.75) is 13.8 Å². The Bertz CT molecular complexity index is 428. The number of carbonyl (C=O) groups is 2. The van der Waals surface area contributed by atoms with Crippen molar-refractivity contribution < 1.29 is 9.59 Å². The minimum Gasteiger partial charge on any atom is -0.399 e. The first-order valence-corrected chi connectivity index (χ1v) is 5.83. The first-order valence-electron chi connectivity index (χ1n) is 5.83. The lowest BCUT2D eigenvalue weighted by molar-refractivity contribution is -0.133. The minimum absolute atomic E-state index is 0.0900. The van der Waals surface area contributed by atoms with E-state index >= 15 is 0 Å². The molecule has 0 spiro atoms. The molecule has 0 fully saturated rings. The maximum Gasteiger partial charge on any atom is 0.246 e. The van der Waals surface area contributed by atoms with Crippen molar-refractivity contribution in [3.63, 3.8) is 0 Å². The van der Waals surface area contributed by atoms with Gasteiger partial charge in [-0.1, -0.05) is 0 Å². The maximum atomic E-state index is 12.0. The fourth-order valence-corrected chi connectivity index (χ4v) is 1.56. The first kappa shape index (κ1) is 14.0. The van der Waals surface area contributed by atoms with Crippen LogP contribution in [0, 0.1) is 0 Å². The summed E-state index contributed by atoms with van der Waals surface area (Å²) in [5.41, 5.74) is 7.00. The summed E-state index contributed by atoms with van der Waals surface area (Å²) >= 11 is 0. The van der Waals surface area contributed by atoms with Gasteiger partial charge in [0.25, 0.3) is 0 Å². The van der Waals surface area contributed by atoms with Gasteiger partial charge in [0.05, 0.1) is 0 Å². The highest BCUT2D eigenvalue weighted by Crippen LogP contribution is 2.15. The van der Waals surface area contributed by atoms with E-state index in [9.17, 15) is 9.59 Å². The van der Waals surface area contributed by atoms with Crippen molar-refractivity contribution >= 4 is 23.2 Å². The molecule has 0 aliphatic rings. The molecular formula is C13H19N3O2. The number of amides is 2. The van der Waals surface area contributed by atoms with Crippen molar-refractivity contribution in [1.82, 2.24) is 4.90 Å². The van der Waals surface area contributed by atoms with Gasteiger partial charge in [-0.15, -0.1) is 0 Å². The van der Waals surface area contributed by atoms with E-state index in [0.717, 1.165) is 5.69 Å². The Morgan fingerprint density at radius 3 is 2.22 bits per heavy atom. The Hall–Kier alpha value is -2.04. The summed E-state index contributed by atoms with van der Waals surface area (Å²) < 4.78 is 0. The average Bonchev–Trinajstić information content (AvgIpc) is 2.35. The van der Waals surface area contributed by atoms with Crippen molar-refractivity contribution in [3.05, 3.63) is 24.3 Å². The molecule has 98 valence electrons. The van der Waals surface area contributed by atoms with Gasteiger partial charge in [-0.05, 0) is 31.2 Å². The second kappa shape index (κ2) is 6.05. The van der Waals surface area contributed by atoms with Gasteiger partial charge < -0.3 is 15.5 Å². The van der Waals surface area contributed by atoms with Crippen LogP contribution in [0.1, 0.15) is 13.8 Å². The Labute approximate surface area is 107 Å². The number of hydrogen-bond donors (Lipinski definition) is 1. The van der Waals surface area contributed by atoms with E-state index in [1.165, 1.54) is 16.7 Å². The molecule has 0 bridgehead atoms. The van der Waals surface area contributed by atoms with E-state index in [0.29, 0.717) is 12.2 Å². The van der Waals surface area contributed by atoms with Crippen LogP contribution in [0.3, 0.4) is 0 Å². The van der Waals surface area contributed by atoms with E-state index in [4.69, 9.17) is 5.73 Å². The number of carbonyl (C=O) groups excluding carboxylic acids is 2. The molecule has 0 heterocycles. The zero-order valence-electron chi connectivity index (χ0n) is 11.0. The number of hydrogen-bond acceptors (Lipinski definition) is 3. The van der Waals surface area contributed by atoms with E-state index in [1.54, 1.807) is 31.3 Å². The summed E-state index contributed by atoms with van der Waals surface area (Å²) in [7, 11) is 1.68. The van der Waals surface area contributed by atoms with Gasteiger partial charge in [0, 0.05) is 31.9 Å². The second-order valence-corrected chi connectivity index (χ2v) is 4.08. The van der Waals surface area contributed by atoms with Crippen LogP contribution < -0.4 is 10.6 Å². The summed E-state index contributed by atoms with van der Waals surface area (Å²) in [6.45, 7) is 3.92. The third-order valence-electron chi connectivity index (χ3n) is 2.81. The normalized spacial score (nSPS) is 9.94. The molecule has 0 saturated carbocycles. The van der Waals surface area contributed by atoms with Crippen molar-refractivity contribution in [3.8, 4) is 0 Å². The zero-order valence-corrected chi connectivity index (χ0v) is 11.0. The zero-order chi connectivity index (χ0) is 13.7. The summed E-state index contributed by atoms with van der Waals surface area (Å²) in [4.78, 5) is 26.3. The molecule has 0 aliphatic carbocycles. The first-order chi connectivity index (χ1) is 8.45. The van der Waals surface area contributed by atoms with Gasteiger partial charge in [0.15, 0.2) is 0 Å². The van der Waals surface area contributed by atoms with E-state index in [2.05, 4.69) is 0 Å². The lowest BCUT2D eigenvalue weighted by Gasteiger charge is -2.23. The summed E-state index contributed by atoms with van der Waals surface area (Å²) in [5, 5.41) is 0. The van der Waals surface area contributed by atoms with Gasteiger partial charge in [0.1, 0.15) is 6.54 Å². The van der Waals surface area contributed by atoms with E-state index in [1.807, 2.05) is 6.92 Å². The number of nitrogens with two attached hydrogens (primary N) is 1. The molecule has 0 radical (unpaired) electrons. The van der Waals surface area contributed by atoms with Crippen LogP contribution in [-0.2, 0) is 9.59 Å². The van der Waals surface area contributed by atoms with Gasteiger partial charge in [-0.25, -0.2) is 0 Å². The molecule has 0 aliphatic heterocycles. The number of nitrogen functional groups attached to an aromatic ring is 1. The lowest BCUT2D eigenvalue weighted by atomic mass is 10.2. The Balaban J connectivity index is 2.72. The molecule has 0 unspecified atom stereocenters. The minimum atomic E-state index is -0.128. The molecule has 1 aromatic carbocycles. The molecule has 1 aromatic rings.